The maximum atomic E-state index is 12.2. The van der Waals surface area contributed by atoms with Crippen LogP contribution in [0.25, 0.3) is 0 Å². The predicted molar refractivity (Wildman–Crippen MR) is 82.5 cm³/mol. The summed E-state index contributed by atoms with van der Waals surface area (Å²) < 4.78 is 26.7. The van der Waals surface area contributed by atoms with E-state index < -0.39 is 10.0 Å². The van der Waals surface area contributed by atoms with Gasteiger partial charge in [-0.2, -0.15) is 0 Å². The van der Waals surface area contributed by atoms with Crippen LogP contribution in [0.1, 0.15) is 5.56 Å². The van der Waals surface area contributed by atoms with Crippen LogP contribution in [0.4, 0.5) is 5.69 Å². The molecule has 4 nitrogen and oxygen atoms in total. The molecule has 1 aromatic carbocycles. The Hall–Kier alpha value is -0.500. The Labute approximate surface area is 135 Å². The number of benzene rings is 1. The normalized spacial score (nSPS) is 11.6. The van der Waals surface area contributed by atoms with E-state index in [9.17, 15) is 8.42 Å². The predicted octanol–water partition coefficient (Wildman–Crippen LogP) is 4.00. The molecule has 1 heterocycles. The first kappa shape index (κ1) is 15.9. The van der Waals surface area contributed by atoms with Crippen molar-refractivity contribution in [2.45, 2.75) is 10.8 Å². The van der Waals surface area contributed by atoms with E-state index in [0.717, 1.165) is 11.3 Å². The summed E-state index contributed by atoms with van der Waals surface area (Å²) in [5.41, 5.74) is 0.584. The zero-order chi connectivity index (χ0) is 14.9. The Balaban J connectivity index is 2.38. The molecule has 0 aliphatic carbocycles. The third-order valence-corrected chi connectivity index (χ3v) is 5.97. The number of rotatable bonds is 4. The minimum atomic E-state index is -3.82. The highest BCUT2D eigenvalue weighted by molar-refractivity contribution is 7.94. The van der Waals surface area contributed by atoms with Crippen molar-refractivity contribution in [2.75, 3.05) is 4.72 Å². The molecule has 0 saturated carbocycles. The maximum Gasteiger partial charge on any atom is 0.271 e. The molecule has 0 spiro atoms. The van der Waals surface area contributed by atoms with E-state index in [-0.39, 0.29) is 26.5 Å². The number of hydrogen-bond donors (Lipinski definition) is 2. The minimum absolute atomic E-state index is 0.0589. The van der Waals surface area contributed by atoms with Crippen LogP contribution in [-0.2, 0) is 16.6 Å². The zero-order valence-corrected chi connectivity index (χ0v) is 13.6. The van der Waals surface area contributed by atoms with E-state index in [1.165, 1.54) is 18.2 Å². The summed E-state index contributed by atoms with van der Waals surface area (Å²) in [6.07, 6.45) is 0. The topological polar surface area (TPSA) is 66.4 Å². The Bertz CT molecular complexity index is 720. The molecule has 0 saturated heterocycles. The largest absolute Gasteiger partial charge is 0.392 e. The third kappa shape index (κ3) is 3.39. The first-order valence-corrected chi connectivity index (χ1v) is 8.69. The smallest absolute Gasteiger partial charge is 0.271 e. The lowest BCUT2D eigenvalue weighted by Gasteiger charge is -2.10. The second-order valence-corrected chi connectivity index (χ2v) is 7.85. The minimum Gasteiger partial charge on any atom is -0.392 e. The average Bonchev–Trinajstić information content (AvgIpc) is 2.83. The number of aliphatic hydroxyl groups excluding tert-OH is 1. The molecule has 0 amide bonds. The Morgan fingerprint density at radius 2 is 1.75 bits per heavy atom. The average molecular weight is 373 g/mol. The molecule has 0 unspecified atom stereocenters. The Morgan fingerprint density at radius 1 is 1.15 bits per heavy atom. The highest BCUT2D eigenvalue weighted by Crippen LogP contribution is 2.35. The highest BCUT2D eigenvalue weighted by atomic mass is 35.5. The molecule has 2 rings (SSSR count). The van der Waals surface area contributed by atoms with Gasteiger partial charge in [-0.25, -0.2) is 8.42 Å². The Kier molecular flexibility index (Phi) is 4.84. The quantitative estimate of drug-likeness (QED) is 0.852. The molecule has 9 heteroatoms. The van der Waals surface area contributed by atoms with Gasteiger partial charge in [-0.05, 0) is 29.1 Å². The van der Waals surface area contributed by atoms with Gasteiger partial charge in [0.1, 0.15) is 4.21 Å². The van der Waals surface area contributed by atoms with E-state index in [2.05, 4.69) is 4.72 Å². The SMILES string of the molecule is O=S(=O)(Nc1c(Cl)cc(Cl)cc1Cl)c1cc(CO)cs1. The van der Waals surface area contributed by atoms with Crippen molar-refractivity contribution in [3.63, 3.8) is 0 Å². The summed E-state index contributed by atoms with van der Waals surface area (Å²) in [6.45, 7) is -0.228. The van der Waals surface area contributed by atoms with Crippen LogP contribution >= 0.6 is 46.1 Å². The van der Waals surface area contributed by atoms with Gasteiger partial charge in [0.15, 0.2) is 0 Å². The van der Waals surface area contributed by atoms with Crippen molar-refractivity contribution in [3.05, 3.63) is 44.2 Å². The van der Waals surface area contributed by atoms with E-state index in [1.54, 1.807) is 5.38 Å². The van der Waals surface area contributed by atoms with E-state index in [1.807, 2.05) is 0 Å². The molecule has 108 valence electrons. The molecule has 0 aliphatic rings. The molecule has 20 heavy (non-hydrogen) atoms. The molecule has 0 fully saturated rings. The summed E-state index contributed by atoms with van der Waals surface area (Å²) in [6, 6.07) is 4.16. The number of aliphatic hydroxyl groups is 1. The maximum absolute atomic E-state index is 12.2. The highest BCUT2D eigenvalue weighted by Gasteiger charge is 2.20. The summed E-state index contributed by atoms with van der Waals surface area (Å²) in [5, 5.41) is 11.0. The van der Waals surface area contributed by atoms with Crippen molar-refractivity contribution in [2.24, 2.45) is 0 Å². The third-order valence-electron chi connectivity index (χ3n) is 2.32. The van der Waals surface area contributed by atoms with Gasteiger partial charge in [0.05, 0.1) is 22.3 Å². The van der Waals surface area contributed by atoms with Crippen LogP contribution in [0, 0.1) is 0 Å². The lowest BCUT2D eigenvalue weighted by atomic mass is 10.3. The molecule has 2 N–H and O–H groups in total. The summed E-state index contributed by atoms with van der Waals surface area (Å²) in [4.78, 5) is 0. The second-order valence-electron chi connectivity index (χ2n) is 3.78. The number of hydrogen-bond acceptors (Lipinski definition) is 4. The van der Waals surface area contributed by atoms with Crippen LogP contribution < -0.4 is 4.72 Å². The number of halogens is 3. The fourth-order valence-electron chi connectivity index (χ4n) is 1.40. The first-order valence-electron chi connectivity index (χ1n) is 5.19. The standard InChI is InChI=1S/C11H8Cl3NO3S2/c12-7-2-8(13)11(9(14)3-7)15-20(17,18)10-1-6(4-16)5-19-10/h1-3,5,15-16H,4H2. The van der Waals surface area contributed by atoms with Crippen LogP contribution in [0.5, 0.6) is 0 Å². The monoisotopic (exact) mass is 371 g/mol. The van der Waals surface area contributed by atoms with Crippen molar-refractivity contribution >= 4 is 61.9 Å². The van der Waals surface area contributed by atoms with Crippen molar-refractivity contribution in [1.29, 1.82) is 0 Å². The lowest BCUT2D eigenvalue weighted by molar-refractivity contribution is 0.282. The van der Waals surface area contributed by atoms with Crippen LogP contribution in [0.15, 0.2) is 27.8 Å². The molecular formula is C11H8Cl3NO3S2. The summed E-state index contributed by atoms with van der Waals surface area (Å²) >= 11 is 18.6. The Morgan fingerprint density at radius 3 is 2.25 bits per heavy atom. The van der Waals surface area contributed by atoms with E-state index in [4.69, 9.17) is 39.9 Å². The first-order chi connectivity index (χ1) is 9.33. The zero-order valence-electron chi connectivity index (χ0n) is 9.73. The van der Waals surface area contributed by atoms with Gasteiger partial charge in [0, 0.05) is 5.02 Å². The molecule has 0 bridgehead atoms. The van der Waals surface area contributed by atoms with Gasteiger partial charge in [-0.3, -0.25) is 4.72 Å². The summed E-state index contributed by atoms with van der Waals surface area (Å²) in [7, 11) is -3.82. The van der Waals surface area contributed by atoms with Gasteiger partial charge in [0.2, 0.25) is 0 Å². The molecule has 0 radical (unpaired) electrons. The van der Waals surface area contributed by atoms with Crippen LogP contribution in [-0.4, -0.2) is 13.5 Å². The fourth-order valence-corrected chi connectivity index (χ4v) is 4.73. The lowest BCUT2D eigenvalue weighted by Crippen LogP contribution is -2.12. The van der Waals surface area contributed by atoms with Crippen molar-refractivity contribution in [1.82, 2.24) is 0 Å². The second kappa shape index (κ2) is 6.09. The molecule has 2 aromatic rings. The summed E-state index contributed by atoms with van der Waals surface area (Å²) in [5.74, 6) is 0. The van der Waals surface area contributed by atoms with Gasteiger partial charge >= 0.3 is 0 Å². The number of anilines is 1. The van der Waals surface area contributed by atoms with Crippen LogP contribution in [0.3, 0.4) is 0 Å². The molecule has 0 aliphatic heterocycles. The number of sulfonamides is 1. The number of thiophene rings is 1. The van der Waals surface area contributed by atoms with Crippen molar-refractivity contribution in [3.8, 4) is 0 Å². The number of nitrogens with one attached hydrogen (secondary N) is 1. The van der Waals surface area contributed by atoms with Gasteiger partial charge in [-0.1, -0.05) is 34.8 Å². The molecule has 1 aromatic heterocycles. The van der Waals surface area contributed by atoms with Crippen LogP contribution in [0.2, 0.25) is 15.1 Å². The van der Waals surface area contributed by atoms with E-state index in [0.29, 0.717) is 10.6 Å². The van der Waals surface area contributed by atoms with Gasteiger partial charge in [0.25, 0.3) is 10.0 Å². The molecule has 0 atom stereocenters. The van der Waals surface area contributed by atoms with Crippen molar-refractivity contribution < 1.29 is 13.5 Å². The molecular weight excluding hydrogens is 365 g/mol. The fraction of sp³-hybridized carbons (Fsp3) is 0.0909. The van der Waals surface area contributed by atoms with E-state index >= 15 is 0 Å². The van der Waals surface area contributed by atoms with Gasteiger partial charge < -0.3 is 5.11 Å². The van der Waals surface area contributed by atoms with Gasteiger partial charge in [-0.15, -0.1) is 11.3 Å².